The first kappa shape index (κ1) is 19.3. The molecule has 0 aliphatic carbocycles. The van der Waals surface area contributed by atoms with Gasteiger partial charge in [-0.15, -0.1) is 0 Å². The summed E-state index contributed by atoms with van der Waals surface area (Å²) in [4.78, 5) is 23.8. The lowest BCUT2D eigenvalue weighted by Crippen LogP contribution is -2.15. The summed E-state index contributed by atoms with van der Waals surface area (Å²) in [7, 11) is 1.52. The Hall–Kier alpha value is -3.48. The Morgan fingerprint density at radius 2 is 1.79 bits per heavy atom. The molecule has 7 nitrogen and oxygen atoms in total. The molecule has 7 heteroatoms. The summed E-state index contributed by atoms with van der Waals surface area (Å²) in [6.45, 7) is 1.99. The number of hydrogen-bond donors (Lipinski definition) is 0. The van der Waals surface area contributed by atoms with E-state index in [1.165, 1.54) is 13.2 Å². The van der Waals surface area contributed by atoms with Gasteiger partial charge in [-0.3, -0.25) is 0 Å². The van der Waals surface area contributed by atoms with Crippen LogP contribution < -0.4 is 19.8 Å². The highest BCUT2D eigenvalue weighted by molar-refractivity contribution is 5.81. The van der Waals surface area contributed by atoms with Crippen molar-refractivity contribution in [1.29, 1.82) is 0 Å². The lowest BCUT2D eigenvalue weighted by atomic mass is 10.1. The average molecular weight is 384 g/mol. The standard InChI is InChI=1S/C21H20O7/c1-3-25-17-6-4-5-7-18(17)26-13-21(23)27-12-14-10-20(22)28-19-11-15(24-2)8-9-16(14)19/h4-11H,3,12-13H2,1-2H3. The van der Waals surface area contributed by atoms with Crippen LogP contribution in [0.5, 0.6) is 17.2 Å². The highest BCUT2D eigenvalue weighted by atomic mass is 16.6. The molecular formula is C21H20O7. The van der Waals surface area contributed by atoms with Gasteiger partial charge in [-0.2, -0.15) is 0 Å². The molecule has 2 aromatic carbocycles. The van der Waals surface area contributed by atoms with Crippen molar-refractivity contribution in [3.63, 3.8) is 0 Å². The molecule has 1 aromatic heterocycles. The molecule has 0 saturated carbocycles. The fourth-order valence-corrected chi connectivity index (χ4v) is 2.64. The number of hydrogen-bond acceptors (Lipinski definition) is 7. The summed E-state index contributed by atoms with van der Waals surface area (Å²) >= 11 is 0. The highest BCUT2D eigenvalue weighted by Gasteiger charge is 2.12. The molecule has 0 atom stereocenters. The van der Waals surface area contributed by atoms with Gasteiger partial charge in [-0.25, -0.2) is 9.59 Å². The average Bonchev–Trinajstić information content (AvgIpc) is 2.71. The Kier molecular flexibility index (Phi) is 6.16. The van der Waals surface area contributed by atoms with Crippen LogP contribution in [0.1, 0.15) is 12.5 Å². The number of ether oxygens (including phenoxy) is 4. The van der Waals surface area contributed by atoms with E-state index in [-0.39, 0.29) is 13.2 Å². The van der Waals surface area contributed by atoms with E-state index >= 15 is 0 Å². The number of benzene rings is 2. The molecule has 0 aliphatic rings. The summed E-state index contributed by atoms with van der Waals surface area (Å²) < 4.78 is 26.5. The van der Waals surface area contributed by atoms with Crippen molar-refractivity contribution in [2.75, 3.05) is 20.3 Å². The molecule has 0 aliphatic heterocycles. The zero-order valence-electron chi connectivity index (χ0n) is 15.6. The lowest BCUT2D eigenvalue weighted by molar-refractivity contribution is -0.147. The second kappa shape index (κ2) is 8.94. The third kappa shape index (κ3) is 4.62. The van der Waals surface area contributed by atoms with Crippen molar-refractivity contribution in [3.05, 3.63) is 64.5 Å². The van der Waals surface area contributed by atoms with E-state index in [9.17, 15) is 9.59 Å². The van der Waals surface area contributed by atoms with Gasteiger partial charge in [0.15, 0.2) is 18.1 Å². The fourth-order valence-electron chi connectivity index (χ4n) is 2.64. The van der Waals surface area contributed by atoms with Crippen molar-refractivity contribution >= 4 is 16.9 Å². The van der Waals surface area contributed by atoms with Crippen LogP contribution in [0.2, 0.25) is 0 Å². The summed E-state index contributed by atoms with van der Waals surface area (Å²) in [6, 6.07) is 13.5. The van der Waals surface area contributed by atoms with Crippen LogP contribution in [0.4, 0.5) is 0 Å². The minimum absolute atomic E-state index is 0.0796. The molecule has 1 heterocycles. The van der Waals surface area contributed by atoms with Gasteiger partial charge in [-0.1, -0.05) is 12.1 Å². The Labute approximate surface area is 161 Å². The topological polar surface area (TPSA) is 84.2 Å². The molecular weight excluding hydrogens is 364 g/mol. The number of methoxy groups -OCH3 is 1. The zero-order chi connectivity index (χ0) is 19.9. The van der Waals surface area contributed by atoms with Crippen LogP contribution in [0.15, 0.2) is 57.7 Å². The Bertz CT molecular complexity index is 1020. The molecule has 0 spiro atoms. The van der Waals surface area contributed by atoms with E-state index in [0.29, 0.717) is 40.4 Å². The van der Waals surface area contributed by atoms with Crippen molar-refractivity contribution in [1.82, 2.24) is 0 Å². The molecule has 3 rings (SSSR count). The van der Waals surface area contributed by atoms with Gasteiger partial charge >= 0.3 is 11.6 Å². The Balaban J connectivity index is 1.66. The number of esters is 1. The molecule has 0 bridgehead atoms. The van der Waals surface area contributed by atoms with Gasteiger partial charge in [0, 0.05) is 23.1 Å². The van der Waals surface area contributed by atoms with Crippen LogP contribution in [0.25, 0.3) is 11.0 Å². The summed E-state index contributed by atoms with van der Waals surface area (Å²) in [5.41, 5.74) is 0.366. The van der Waals surface area contributed by atoms with E-state index in [1.807, 2.05) is 13.0 Å². The predicted molar refractivity (Wildman–Crippen MR) is 102 cm³/mol. The first-order chi connectivity index (χ1) is 13.6. The van der Waals surface area contributed by atoms with Gasteiger partial charge in [0.2, 0.25) is 0 Å². The second-order valence-corrected chi connectivity index (χ2v) is 5.78. The van der Waals surface area contributed by atoms with E-state index in [1.54, 1.807) is 36.4 Å². The summed E-state index contributed by atoms with van der Waals surface area (Å²) in [5.74, 6) is 1.00. The highest BCUT2D eigenvalue weighted by Crippen LogP contribution is 2.26. The minimum atomic E-state index is -0.568. The number of carbonyl (C=O) groups excluding carboxylic acids is 1. The molecule has 146 valence electrons. The first-order valence-electron chi connectivity index (χ1n) is 8.71. The smallest absolute Gasteiger partial charge is 0.344 e. The van der Waals surface area contributed by atoms with E-state index in [2.05, 4.69) is 0 Å². The SMILES string of the molecule is CCOc1ccccc1OCC(=O)OCc1cc(=O)oc2cc(OC)ccc12. The monoisotopic (exact) mass is 384 g/mol. The fraction of sp³-hybridized carbons (Fsp3) is 0.238. The van der Waals surface area contributed by atoms with Gasteiger partial charge in [0.1, 0.15) is 17.9 Å². The zero-order valence-corrected chi connectivity index (χ0v) is 15.6. The second-order valence-electron chi connectivity index (χ2n) is 5.78. The van der Waals surface area contributed by atoms with Crippen molar-refractivity contribution in [2.45, 2.75) is 13.5 Å². The third-order valence-electron chi connectivity index (χ3n) is 3.92. The normalized spacial score (nSPS) is 10.5. The number of fused-ring (bicyclic) bond motifs is 1. The van der Waals surface area contributed by atoms with E-state index in [4.69, 9.17) is 23.4 Å². The molecule has 0 unspecified atom stereocenters. The minimum Gasteiger partial charge on any atom is -0.497 e. The maximum atomic E-state index is 12.1. The largest absolute Gasteiger partial charge is 0.497 e. The molecule has 0 amide bonds. The van der Waals surface area contributed by atoms with Crippen LogP contribution >= 0.6 is 0 Å². The molecule has 0 radical (unpaired) electrons. The summed E-state index contributed by atoms with van der Waals surface area (Å²) in [5, 5.41) is 0.663. The number of para-hydroxylation sites is 2. The molecule has 0 saturated heterocycles. The van der Waals surface area contributed by atoms with E-state index in [0.717, 1.165) is 0 Å². The Morgan fingerprint density at radius 1 is 1.04 bits per heavy atom. The van der Waals surface area contributed by atoms with Crippen molar-refractivity contribution in [2.24, 2.45) is 0 Å². The molecule has 0 fully saturated rings. The van der Waals surface area contributed by atoms with Crippen molar-refractivity contribution < 1.29 is 28.2 Å². The molecule has 28 heavy (non-hydrogen) atoms. The van der Waals surface area contributed by atoms with Crippen LogP contribution in [-0.4, -0.2) is 26.3 Å². The lowest BCUT2D eigenvalue weighted by Gasteiger charge is -2.11. The van der Waals surface area contributed by atoms with Gasteiger partial charge < -0.3 is 23.4 Å². The molecule has 3 aromatic rings. The number of carbonyl (C=O) groups is 1. The number of rotatable bonds is 8. The van der Waals surface area contributed by atoms with Gasteiger partial charge in [-0.05, 0) is 31.2 Å². The maximum Gasteiger partial charge on any atom is 0.344 e. The van der Waals surface area contributed by atoms with Gasteiger partial charge in [0.25, 0.3) is 0 Å². The summed E-state index contributed by atoms with van der Waals surface area (Å²) in [6.07, 6.45) is 0. The van der Waals surface area contributed by atoms with Gasteiger partial charge in [0.05, 0.1) is 13.7 Å². The van der Waals surface area contributed by atoms with E-state index < -0.39 is 11.6 Å². The Morgan fingerprint density at radius 3 is 2.50 bits per heavy atom. The third-order valence-corrected chi connectivity index (χ3v) is 3.92. The van der Waals surface area contributed by atoms with Crippen LogP contribution in [0.3, 0.4) is 0 Å². The predicted octanol–water partition coefficient (Wildman–Crippen LogP) is 3.32. The maximum absolute atomic E-state index is 12.1. The molecule has 0 N–H and O–H groups in total. The quantitative estimate of drug-likeness (QED) is 0.435. The first-order valence-corrected chi connectivity index (χ1v) is 8.71. The van der Waals surface area contributed by atoms with Crippen LogP contribution in [-0.2, 0) is 16.1 Å². The van der Waals surface area contributed by atoms with Crippen molar-refractivity contribution in [3.8, 4) is 17.2 Å². The van der Waals surface area contributed by atoms with Crippen LogP contribution in [0, 0.1) is 0 Å².